The molecule has 1 heterocycles. The van der Waals surface area contributed by atoms with Crippen LogP contribution in [0.3, 0.4) is 0 Å². The van der Waals surface area contributed by atoms with Crippen LogP contribution < -0.4 is 0 Å². The molecular formula is C18H25F3N2O2. The Morgan fingerprint density at radius 2 is 1.96 bits per heavy atom. The maximum atomic E-state index is 12.8. The number of piperidine rings is 1. The van der Waals surface area contributed by atoms with Gasteiger partial charge in [0.2, 0.25) is 5.91 Å². The highest BCUT2D eigenvalue weighted by molar-refractivity contribution is 5.79. The Balaban J connectivity index is 2.06. The number of carbonyl (C=O) groups is 1. The van der Waals surface area contributed by atoms with E-state index in [9.17, 15) is 23.1 Å². The van der Waals surface area contributed by atoms with Crippen molar-refractivity contribution in [1.82, 2.24) is 9.80 Å². The molecule has 25 heavy (non-hydrogen) atoms. The van der Waals surface area contributed by atoms with Gasteiger partial charge in [-0.1, -0.05) is 18.2 Å². The lowest BCUT2D eigenvalue weighted by atomic mass is 9.89. The number of aliphatic hydroxyl groups excluding tert-OH is 1. The van der Waals surface area contributed by atoms with Gasteiger partial charge in [-0.25, -0.2) is 0 Å². The van der Waals surface area contributed by atoms with Gasteiger partial charge in [-0.15, -0.1) is 0 Å². The summed E-state index contributed by atoms with van der Waals surface area (Å²) in [5.41, 5.74) is -0.384. The van der Waals surface area contributed by atoms with Crippen molar-refractivity contribution in [3.8, 4) is 0 Å². The van der Waals surface area contributed by atoms with E-state index in [2.05, 4.69) is 0 Å². The van der Waals surface area contributed by atoms with Gasteiger partial charge >= 0.3 is 6.18 Å². The molecule has 2 atom stereocenters. The molecule has 4 nitrogen and oxygen atoms in total. The molecule has 0 saturated carbocycles. The topological polar surface area (TPSA) is 43.8 Å². The monoisotopic (exact) mass is 358 g/mol. The number of rotatable bonds is 5. The number of hydrogen-bond acceptors (Lipinski definition) is 3. The Kier molecular flexibility index (Phi) is 6.46. The quantitative estimate of drug-likeness (QED) is 0.878. The van der Waals surface area contributed by atoms with E-state index < -0.39 is 11.7 Å². The van der Waals surface area contributed by atoms with Crippen molar-refractivity contribution in [3.05, 3.63) is 35.4 Å². The molecule has 1 N–H and O–H groups in total. The molecule has 1 aliphatic rings. The third kappa shape index (κ3) is 5.71. The lowest BCUT2D eigenvalue weighted by molar-refractivity contribution is -0.138. The van der Waals surface area contributed by atoms with Crippen molar-refractivity contribution in [2.24, 2.45) is 11.8 Å². The minimum Gasteiger partial charge on any atom is -0.396 e. The Morgan fingerprint density at radius 3 is 2.56 bits per heavy atom. The summed E-state index contributed by atoms with van der Waals surface area (Å²) in [6, 6.07) is 4.90. The Labute approximate surface area is 146 Å². The van der Waals surface area contributed by atoms with Gasteiger partial charge in [-0.05, 0) is 44.0 Å². The average Bonchev–Trinajstić information content (AvgIpc) is 2.53. The molecule has 0 unspecified atom stereocenters. The normalized spacial score (nSPS) is 21.6. The Hall–Kier alpha value is -1.60. The molecule has 1 aromatic carbocycles. The zero-order valence-corrected chi connectivity index (χ0v) is 14.6. The highest BCUT2D eigenvalue weighted by atomic mass is 19.4. The smallest absolute Gasteiger partial charge is 0.396 e. The largest absolute Gasteiger partial charge is 0.416 e. The summed E-state index contributed by atoms with van der Waals surface area (Å²) < 4.78 is 38.4. The van der Waals surface area contributed by atoms with Gasteiger partial charge in [0.1, 0.15) is 0 Å². The zero-order valence-electron chi connectivity index (χ0n) is 14.6. The lowest BCUT2D eigenvalue weighted by Gasteiger charge is -2.38. The van der Waals surface area contributed by atoms with Crippen molar-refractivity contribution in [1.29, 1.82) is 0 Å². The van der Waals surface area contributed by atoms with E-state index in [-0.39, 0.29) is 30.8 Å². The molecule has 0 aromatic heterocycles. The van der Waals surface area contributed by atoms with Gasteiger partial charge in [0.05, 0.1) is 12.0 Å². The first kappa shape index (κ1) is 19.7. The predicted molar refractivity (Wildman–Crippen MR) is 89.0 cm³/mol. The third-order valence-electron chi connectivity index (χ3n) is 4.47. The molecule has 1 amide bonds. The molecule has 1 aromatic rings. The maximum Gasteiger partial charge on any atom is 0.416 e. The highest BCUT2D eigenvalue weighted by Crippen LogP contribution is 2.30. The van der Waals surface area contributed by atoms with Crippen molar-refractivity contribution < 1.29 is 23.1 Å². The van der Waals surface area contributed by atoms with E-state index in [4.69, 9.17) is 0 Å². The highest BCUT2D eigenvalue weighted by Gasteiger charge is 2.32. The average molecular weight is 358 g/mol. The summed E-state index contributed by atoms with van der Waals surface area (Å²) in [5, 5.41) is 9.48. The summed E-state index contributed by atoms with van der Waals surface area (Å²) in [6.07, 6.45) is -3.62. The third-order valence-corrected chi connectivity index (χ3v) is 4.47. The van der Waals surface area contributed by atoms with Crippen LogP contribution in [-0.2, 0) is 17.4 Å². The molecule has 0 aliphatic carbocycles. The molecule has 140 valence electrons. The van der Waals surface area contributed by atoms with Gasteiger partial charge < -0.3 is 14.9 Å². The van der Waals surface area contributed by atoms with Crippen LogP contribution >= 0.6 is 0 Å². The minimum absolute atomic E-state index is 0.0112. The van der Waals surface area contributed by atoms with Crippen LogP contribution in [0.2, 0.25) is 0 Å². The Bertz CT molecular complexity index is 590. The van der Waals surface area contributed by atoms with Crippen molar-refractivity contribution >= 4 is 5.91 Å². The number of likely N-dealkylation sites (tertiary alicyclic amines) is 1. The van der Waals surface area contributed by atoms with Gasteiger partial charge in [-0.3, -0.25) is 4.79 Å². The van der Waals surface area contributed by atoms with E-state index in [0.717, 1.165) is 25.1 Å². The summed E-state index contributed by atoms with van der Waals surface area (Å²) in [4.78, 5) is 16.3. The molecule has 0 spiro atoms. The van der Waals surface area contributed by atoms with Crippen LogP contribution in [0.1, 0.15) is 17.5 Å². The maximum absolute atomic E-state index is 12.8. The second-order valence-electron chi connectivity index (χ2n) is 7.09. The molecule has 0 radical (unpaired) electrons. The second kappa shape index (κ2) is 8.19. The van der Waals surface area contributed by atoms with E-state index in [1.807, 2.05) is 19.0 Å². The van der Waals surface area contributed by atoms with Gasteiger partial charge in [-0.2, -0.15) is 13.2 Å². The first-order chi connectivity index (χ1) is 11.7. The number of alkyl halides is 3. The molecular weight excluding hydrogens is 333 g/mol. The summed E-state index contributed by atoms with van der Waals surface area (Å²) in [7, 11) is 3.91. The van der Waals surface area contributed by atoms with Crippen LogP contribution in [0.25, 0.3) is 0 Å². The van der Waals surface area contributed by atoms with Crippen LogP contribution in [0, 0.1) is 11.8 Å². The number of nitrogens with zero attached hydrogens (tertiary/aromatic N) is 2. The number of amides is 1. The molecule has 1 saturated heterocycles. The van der Waals surface area contributed by atoms with Gasteiger partial charge in [0.25, 0.3) is 0 Å². The molecule has 1 aliphatic heterocycles. The fourth-order valence-electron chi connectivity index (χ4n) is 3.45. The number of benzene rings is 1. The van der Waals surface area contributed by atoms with E-state index in [1.54, 1.807) is 4.90 Å². The van der Waals surface area contributed by atoms with Crippen LogP contribution in [-0.4, -0.2) is 61.2 Å². The number of aliphatic hydroxyl groups is 1. The van der Waals surface area contributed by atoms with Crippen LogP contribution in [0.4, 0.5) is 13.2 Å². The van der Waals surface area contributed by atoms with Crippen LogP contribution in [0.5, 0.6) is 0 Å². The predicted octanol–water partition coefficient (Wildman–Crippen LogP) is 2.27. The molecule has 0 bridgehead atoms. The molecule has 2 rings (SSSR count). The summed E-state index contributed by atoms with van der Waals surface area (Å²) >= 11 is 0. The van der Waals surface area contributed by atoms with E-state index in [1.165, 1.54) is 12.1 Å². The fraction of sp³-hybridized carbons (Fsp3) is 0.611. The number of carbonyl (C=O) groups excluding carboxylic acids is 1. The SMILES string of the molecule is CN(C)C[C@H]1C[C@@H](CO)CN(C(=O)Cc2cccc(C(F)(F)F)c2)C1. The van der Waals surface area contributed by atoms with Crippen molar-refractivity contribution in [3.63, 3.8) is 0 Å². The van der Waals surface area contributed by atoms with Gasteiger partial charge in [0, 0.05) is 26.2 Å². The first-order valence-electron chi connectivity index (χ1n) is 8.38. The van der Waals surface area contributed by atoms with E-state index in [0.29, 0.717) is 18.7 Å². The summed E-state index contributed by atoms with van der Waals surface area (Å²) in [6.45, 7) is 1.85. The summed E-state index contributed by atoms with van der Waals surface area (Å²) in [5.74, 6) is 0.0803. The van der Waals surface area contributed by atoms with Crippen LogP contribution in [0.15, 0.2) is 24.3 Å². The van der Waals surface area contributed by atoms with Gasteiger partial charge in [0.15, 0.2) is 0 Å². The first-order valence-corrected chi connectivity index (χ1v) is 8.38. The standard InChI is InChI=1S/C18H25F3N2O2/c1-22(2)9-14-6-15(12-24)11-23(10-14)17(25)8-13-4-3-5-16(7-13)18(19,20)21/h3-5,7,14-15,24H,6,8-12H2,1-2H3/t14-,15-/m1/s1. The minimum atomic E-state index is -4.41. The molecule has 7 heteroatoms. The van der Waals surface area contributed by atoms with Crippen molar-refractivity contribution in [2.45, 2.75) is 19.0 Å². The van der Waals surface area contributed by atoms with E-state index >= 15 is 0 Å². The fourth-order valence-corrected chi connectivity index (χ4v) is 3.45. The molecule has 1 fully saturated rings. The van der Waals surface area contributed by atoms with Crippen molar-refractivity contribution in [2.75, 3.05) is 40.3 Å². The second-order valence-corrected chi connectivity index (χ2v) is 7.09. The lowest BCUT2D eigenvalue weighted by Crippen LogP contribution is -2.47. The number of hydrogen-bond donors (Lipinski definition) is 1. The Morgan fingerprint density at radius 1 is 1.28 bits per heavy atom. The zero-order chi connectivity index (χ0) is 18.6. The number of halogens is 3.